The molecule has 2 aliphatic rings. The molecule has 2 atom stereocenters. The molecule has 4 rings (SSSR count). The molecule has 0 spiro atoms. The van der Waals surface area contributed by atoms with Gasteiger partial charge in [-0.05, 0) is 38.0 Å². The molecule has 2 aromatic rings. The zero-order valence-electron chi connectivity index (χ0n) is 16.7. The Balaban J connectivity index is 1.56. The molecule has 2 saturated heterocycles. The van der Waals surface area contributed by atoms with Crippen LogP contribution >= 0.6 is 0 Å². The molecule has 150 valence electrons. The summed E-state index contributed by atoms with van der Waals surface area (Å²) >= 11 is 0. The van der Waals surface area contributed by atoms with Crippen LogP contribution in [0.5, 0.6) is 0 Å². The number of hydrogen-bond donors (Lipinski definition) is 1. The first-order chi connectivity index (χ1) is 13.5. The predicted octanol–water partition coefficient (Wildman–Crippen LogP) is 1.86. The number of pyridine rings is 1. The van der Waals surface area contributed by atoms with Crippen molar-refractivity contribution >= 4 is 16.8 Å². The van der Waals surface area contributed by atoms with Gasteiger partial charge in [0.25, 0.3) is 5.91 Å². The van der Waals surface area contributed by atoms with E-state index in [0.717, 1.165) is 60.6 Å². The molecule has 0 unspecified atom stereocenters. The van der Waals surface area contributed by atoms with E-state index >= 15 is 0 Å². The molecule has 0 saturated carbocycles. The number of nitrogens with zero attached hydrogens (tertiary/aromatic N) is 3. The number of likely N-dealkylation sites (tertiary alicyclic amines) is 1. The Morgan fingerprint density at radius 1 is 1.18 bits per heavy atom. The summed E-state index contributed by atoms with van der Waals surface area (Å²) in [5, 5.41) is 10.8. The van der Waals surface area contributed by atoms with Gasteiger partial charge in [-0.1, -0.05) is 11.6 Å². The van der Waals surface area contributed by atoms with E-state index in [1.807, 2.05) is 43.0 Å². The molecule has 1 aromatic carbocycles. The van der Waals surface area contributed by atoms with Crippen molar-refractivity contribution < 1.29 is 14.6 Å². The summed E-state index contributed by atoms with van der Waals surface area (Å²) in [6.45, 7) is 9.67. The van der Waals surface area contributed by atoms with Crippen molar-refractivity contribution in [3.8, 4) is 0 Å². The summed E-state index contributed by atoms with van der Waals surface area (Å²) in [6.07, 6.45) is 0. The van der Waals surface area contributed by atoms with E-state index in [0.29, 0.717) is 19.0 Å². The Kier molecular flexibility index (Phi) is 5.62. The molecular weight excluding hydrogens is 354 g/mol. The van der Waals surface area contributed by atoms with Gasteiger partial charge >= 0.3 is 0 Å². The van der Waals surface area contributed by atoms with Gasteiger partial charge < -0.3 is 14.7 Å². The van der Waals surface area contributed by atoms with Crippen LogP contribution in [0.1, 0.15) is 21.6 Å². The maximum absolute atomic E-state index is 13.4. The van der Waals surface area contributed by atoms with Crippen molar-refractivity contribution in [2.75, 3.05) is 52.5 Å². The van der Waals surface area contributed by atoms with Crippen LogP contribution < -0.4 is 0 Å². The SMILES string of the molecule is Cc1ccc2nc(C)cc(C(=O)N3C[C@@H](CN4CCOCC4)[C@@H](CO)C3)c2c1. The summed E-state index contributed by atoms with van der Waals surface area (Å²) in [5.74, 6) is 0.467. The normalized spacial score (nSPS) is 23.5. The average Bonchev–Trinajstić information content (AvgIpc) is 3.10. The van der Waals surface area contributed by atoms with E-state index in [1.165, 1.54) is 0 Å². The molecule has 0 bridgehead atoms. The molecule has 1 amide bonds. The van der Waals surface area contributed by atoms with Crippen molar-refractivity contribution in [3.05, 3.63) is 41.1 Å². The van der Waals surface area contributed by atoms with Crippen LogP contribution in [0.3, 0.4) is 0 Å². The molecule has 0 aliphatic carbocycles. The highest BCUT2D eigenvalue weighted by Crippen LogP contribution is 2.28. The molecule has 28 heavy (non-hydrogen) atoms. The van der Waals surface area contributed by atoms with Crippen LogP contribution in [0.15, 0.2) is 24.3 Å². The van der Waals surface area contributed by atoms with Crippen LogP contribution in [0.4, 0.5) is 0 Å². The first kappa shape index (κ1) is 19.3. The lowest BCUT2D eigenvalue weighted by molar-refractivity contribution is 0.0264. The number of fused-ring (bicyclic) bond motifs is 1. The second-order valence-electron chi connectivity index (χ2n) is 8.16. The highest BCUT2D eigenvalue weighted by Gasteiger charge is 2.36. The molecule has 2 fully saturated rings. The van der Waals surface area contributed by atoms with Crippen molar-refractivity contribution in [1.82, 2.24) is 14.8 Å². The van der Waals surface area contributed by atoms with E-state index < -0.39 is 0 Å². The van der Waals surface area contributed by atoms with Crippen LogP contribution in [0.2, 0.25) is 0 Å². The third-order valence-corrected chi connectivity index (χ3v) is 6.02. The molecule has 1 aromatic heterocycles. The van der Waals surface area contributed by atoms with Crippen LogP contribution in [0.25, 0.3) is 10.9 Å². The van der Waals surface area contributed by atoms with Crippen molar-refractivity contribution in [1.29, 1.82) is 0 Å². The molecular formula is C22H29N3O3. The highest BCUT2D eigenvalue weighted by molar-refractivity contribution is 6.06. The number of benzene rings is 1. The Labute approximate surface area is 166 Å². The fourth-order valence-electron chi connectivity index (χ4n) is 4.45. The number of aliphatic hydroxyl groups is 1. The Morgan fingerprint density at radius 2 is 1.93 bits per heavy atom. The highest BCUT2D eigenvalue weighted by atomic mass is 16.5. The molecule has 0 radical (unpaired) electrons. The lowest BCUT2D eigenvalue weighted by atomic mass is 9.96. The van der Waals surface area contributed by atoms with Gasteiger partial charge in [-0.2, -0.15) is 0 Å². The van der Waals surface area contributed by atoms with Crippen molar-refractivity contribution in [2.45, 2.75) is 13.8 Å². The number of rotatable bonds is 4. The van der Waals surface area contributed by atoms with Gasteiger partial charge in [0, 0.05) is 56.3 Å². The second kappa shape index (κ2) is 8.15. The van der Waals surface area contributed by atoms with Gasteiger partial charge in [-0.3, -0.25) is 14.7 Å². The first-order valence-corrected chi connectivity index (χ1v) is 10.1. The lowest BCUT2D eigenvalue weighted by Crippen LogP contribution is -2.41. The smallest absolute Gasteiger partial charge is 0.254 e. The third-order valence-electron chi connectivity index (χ3n) is 6.02. The number of hydrogen-bond acceptors (Lipinski definition) is 5. The number of carbonyl (C=O) groups excluding carboxylic acids is 1. The molecule has 1 N–H and O–H groups in total. The van der Waals surface area contributed by atoms with Crippen LogP contribution in [0, 0.1) is 25.7 Å². The standard InChI is InChI=1S/C22H29N3O3/c1-15-3-4-21-19(9-15)20(10-16(2)23-21)22(27)25-12-17(18(13-25)14-26)11-24-5-7-28-8-6-24/h3-4,9-10,17-18,26H,5-8,11-14H2,1-2H3/t17-,18-/m1/s1. The van der Waals surface area contributed by atoms with E-state index in [4.69, 9.17) is 4.74 Å². The summed E-state index contributed by atoms with van der Waals surface area (Å²) in [7, 11) is 0. The molecule has 2 aliphatic heterocycles. The molecule has 3 heterocycles. The maximum Gasteiger partial charge on any atom is 0.254 e. The second-order valence-corrected chi connectivity index (χ2v) is 8.16. The van der Waals surface area contributed by atoms with Crippen molar-refractivity contribution in [3.63, 3.8) is 0 Å². The van der Waals surface area contributed by atoms with Gasteiger partial charge in [0.05, 0.1) is 24.3 Å². The summed E-state index contributed by atoms with van der Waals surface area (Å²) < 4.78 is 5.43. The summed E-state index contributed by atoms with van der Waals surface area (Å²) in [4.78, 5) is 22.3. The average molecular weight is 383 g/mol. The van der Waals surface area contributed by atoms with Gasteiger partial charge in [-0.25, -0.2) is 0 Å². The Bertz CT molecular complexity index is 863. The van der Waals surface area contributed by atoms with Gasteiger partial charge in [-0.15, -0.1) is 0 Å². The number of morpholine rings is 1. The zero-order chi connectivity index (χ0) is 19.7. The van der Waals surface area contributed by atoms with Crippen LogP contribution in [-0.2, 0) is 4.74 Å². The molecule has 6 heteroatoms. The van der Waals surface area contributed by atoms with Gasteiger partial charge in [0.2, 0.25) is 0 Å². The number of aliphatic hydroxyl groups excluding tert-OH is 1. The van der Waals surface area contributed by atoms with Gasteiger partial charge in [0.15, 0.2) is 0 Å². The number of ether oxygens (including phenoxy) is 1. The monoisotopic (exact) mass is 383 g/mol. The minimum atomic E-state index is 0.0454. The minimum absolute atomic E-state index is 0.0454. The predicted molar refractivity (Wildman–Crippen MR) is 108 cm³/mol. The fourth-order valence-corrected chi connectivity index (χ4v) is 4.45. The lowest BCUT2D eigenvalue weighted by Gasteiger charge is -2.30. The number of aryl methyl sites for hydroxylation is 2. The largest absolute Gasteiger partial charge is 0.396 e. The summed E-state index contributed by atoms with van der Waals surface area (Å²) in [6, 6.07) is 7.95. The van der Waals surface area contributed by atoms with E-state index in [9.17, 15) is 9.90 Å². The van der Waals surface area contributed by atoms with E-state index in [2.05, 4.69) is 9.88 Å². The number of carbonyl (C=O) groups is 1. The van der Waals surface area contributed by atoms with Crippen LogP contribution in [-0.4, -0.2) is 78.3 Å². The maximum atomic E-state index is 13.4. The first-order valence-electron chi connectivity index (χ1n) is 10.1. The zero-order valence-corrected chi connectivity index (χ0v) is 16.7. The topological polar surface area (TPSA) is 65.9 Å². The minimum Gasteiger partial charge on any atom is -0.396 e. The van der Waals surface area contributed by atoms with E-state index in [-0.39, 0.29) is 18.4 Å². The van der Waals surface area contributed by atoms with Crippen molar-refractivity contribution in [2.24, 2.45) is 11.8 Å². The third kappa shape index (κ3) is 3.90. The molecule has 6 nitrogen and oxygen atoms in total. The van der Waals surface area contributed by atoms with Gasteiger partial charge in [0.1, 0.15) is 0 Å². The Morgan fingerprint density at radius 3 is 2.68 bits per heavy atom. The quantitative estimate of drug-likeness (QED) is 0.873. The Hall–Kier alpha value is -2.02. The fraction of sp³-hybridized carbons (Fsp3) is 0.545. The van der Waals surface area contributed by atoms with E-state index in [1.54, 1.807) is 0 Å². The number of amides is 1. The number of aromatic nitrogens is 1. The summed E-state index contributed by atoms with van der Waals surface area (Å²) in [5.41, 5.74) is 3.54.